The molecule has 2 atom stereocenters. The van der Waals surface area contributed by atoms with Gasteiger partial charge in [0.25, 0.3) is 0 Å². The number of benzene rings is 2. The molecule has 30 heavy (non-hydrogen) atoms. The minimum absolute atomic E-state index is 0.0493. The Morgan fingerprint density at radius 3 is 1.30 bits per heavy atom. The normalized spacial score (nSPS) is 19.1. The van der Waals surface area contributed by atoms with E-state index in [2.05, 4.69) is 62.4 Å². The molecule has 1 aliphatic heterocycles. The van der Waals surface area contributed by atoms with Crippen LogP contribution >= 0.6 is 0 Å². The molecular weight excluding hydrogens is 368 g/mol. The largest absolute Gasteiger partial charge is 0.368 e. The molecule has 1 aliphatic rings. The molecule has 2 aromatic carbocycles. The smallest absolute Gasteiger partial charge is 0.106 e. The van der Waals surface area contributed by atoms with Crippen LogP contribution in [0.5, 0.6) is 0 Å². The second-order valence-electron chi connectivity index (χ2n) is 8.75. The van der Waals surface area contributed by atoms with E-state index >= 15 is 0 Å². The lowest BCUT2D eigenvalue weighted by atomic mass is 10.0. The number of aryl methyl sites for hydroxylation is 2. The number of hydrogen-bond donors (Lipinski definition) is 0. The van der Waals surface area contributed by atoms with E-state index in [9.17, 15) is 0 Å². The van der Waals surface area contributed by atoms with Gasteiger partial charge in [-0.05, 0) is 47.9 Å². The Morgan fingerprint density at radius 1 is 0.567 bits per heavy atom. The number of unbranched alkanes of at least 4 members (excludes halogenated alkanes) is 6. The van der Waals surface area contributed by atoms with Gasteiger partial charge in [0.2, 0.25) is 0 Å². The molecule has 2 aromatic rings. The van der Waals surface area contributed by atoms with Gasteiger partial charge in [0.05, 0.1) is 13.2 Å². The van der Waals surface area contributed by atoms with Crippen molar-refractivity contribution in [1.29, 1.82) is 0 Å². The average Bonchev–Trinajstić information content (AvgIpc) is 2.81. The van der Waals surface area contributed by atoms with Crippen molar-refractivity contribution in [3.05, 3.63) is 70.8 Å². The summed E-state index contributed by atoms with van der Waals surface area (Å²) in [5.74, 6) is 0. The van der Waals surface area contributed by atoms with Crippen molar-refractivity contribution >= 4 is 0 Å². The highest BCUT2D eigenvalue weighted by Crippen LogP contribution is 2.30. The van der Waals surface area contributed by atoms with Crippen LogP contribution in [0.4, 0.5) is 0 Å². The van der Waals surface area contributed by atoms with Crippen LogP contribution in [0.1, 0.15) is 99.7 Å². The first-order valence-electron chi connectivity index (χ1n) is 12.2. The van der Waals surface area contributed by atoms with Gasteiger partial charge in [-0.3, -0.25) is 0 Å². The number of hydrogen-bond acceptors (Lipinski definition) is 2. The molecule has 164 valence electrons. The molecule has 0 amide bonds. The maximum atomic E-state index is 6.18. The summed E-state index contributed by atoms with van der Waals surface area (Å²) >= 11 is 0. The topological polar surface area (TPSA) is 18.5 Å². The summed E-state index contributed by atoms with van der Waals surface area (Å²) < 4.78 is 12.4. The van der Waals surface area contributed by atoms with Crippen LogP contribution in [0.15, 0.2) is 48.5 Å². The van der Waals surface area contributed by atoms with Gasteiger partial charge in [0.15, 0.2) is 0 Å². The van der Waals surface area contributed by atoms with Crippen LogP contribution in [0, 0.1) is 0 Å². The fourth-order valence-electron chi connectivity index (χ4n) is 4.20. The molecule has 0 aromatic heterocycles. The van der Waals surface area contributed by atoms with Gasteiger partial charge in [-0.2, -0.15) is 0 Å². The van der Waals surface area contributed by atoms with Crippen molar-refractivity contribution in [1.82, 2.24) is 0 Å². The van der Waals surface area contributed by atoms with Crippen molar-refractivity contribution in [3.63, 3.8) is 0 Å². The lowest BCUT2D eigenvalue weighted by Gasteiger charge is -2.30. The minimum Gasteiger partial charge on any atom is -0.368 e. The van der Waals surface area contributed by atoms with E-state index in [0.29, 0.717) is 13.2 Å². The second-order valence-corrected chi connectivity index (χ2v) is 8.75. The fraction of sp³-hybridized carbons (Fsp3) is 0.571. The van der Waals surface area contributed by atoms with Crippen LogP contribution in [-0.4, -0.2) is 13.2 Å². The third-order valence-corrected chi connectivity index (χ3v) is 6.24. The Bertz CT molecular complexity index is 633. The van der Waals surface area contributed by atoms with Crippen molar-refractivity contribution in [2.75, 3.05) is 13.2 Å². The van der Waals surface area contributed by atoms with Crippen LogP contribution < -0.4 is 0 Å². The van der Waals surface area contributed by atoms with E-state index < -0.39 is 0 Å². The Labute approximate surface area is 184 Å². The third kappa shape index (κ3) is 7.25. The van der Waals surface area contributed by atoms with Crippen molar-refractivity contribution in [3.8, 4) is 0 Å². The van der Waals surface area contributed by atoms with Gasteiger partial charge in [-0.1, -0.05) is 101 Å². The Kier molecular flexibility index (Phi) is 9.92. The van der Waals surface area contributed by atoms with Gasteiger partial charge < -0.3 is 9.47 Å². The first-order chi connectivity index (χ1) is 14.8. The summed E-state index contributed by atoms with van der Waals surface area (Å²) in [6.45, 7) is 5.77. The van der Waals surface area contributed by atoms with Crippen molar-refractivity contribution in [2.45, 2.75) is 90.3 Å². The average molecular weight is 409 g/mol. The molecule has 2 heteroatoms. The highest BCUT2D eigenvalue weighted by atomic mass is 16.6. The van der Waals surface area contributed by atoms with E-state index in [1.165, 1.54) is 86.5 Å². The first kappa shape index (κ1) is 23.0. The zero-order valence-electron chi connectivity index (χ0n) is 19.1. The van der Waals surface area contributed by atoms with Crippen LogP contribution in [-0.2, 0) is 22.3 Å². The zero-order chi connectivity index (χ0) is 21.0. The second kappa shape index (κ2) is 12.9. The summed E-state index contributed by atoms with van der Waals surface area (Å²) in [7, 11) is 0. The summed E-state index contributed by atoms with van der Waals surface area (Å²) in [6, 6.07) is 17.9. The first-order valence-corrected chi connectivity index (χ1v) is 12.2. The molecule has 0 N–H and O–H groups in total. The van der Waals surface area contributed by atoms with Gasteiger partial charge in [-0.25, -0.2) is 0 Å². The molecule has 2 nitrogen and oxygen atoms in total. The predicted octanol–water partition coefficient (Wildman–Crippen LogP) is 7.76. The quantitative estimate of drug-likeness (QED) is 0.334. The predicted molar refractivity (Wildman–Crippen MR) is 126 cm³/mol. The van der Waals surface area contributed by atoms with E-state index in [1.807, 2.05) is 0 Å². The van der Waals surface area contributed by atoms with Gasteiger partial charge in [0.1, 0.15) is 12.2 Å². The van der Waals surface area contributed by atoms with Crippen LogP contribution in [0.25, 0.3) is 0 Å². The third-order valence-electron chi connectivity index (χ3n) is 6.24. The molecule has 0 radical (unpaired) electrons. The van der Waals surface area contributed by atoms with E-state index in [0.717, 1.165) is 0 Å². The molecule has 0 aliphatic carbocycles. The molecule has 1 saturated heterocycles. The zero-order valence-corrected chi connectivity index (χ0v) is 19.1. The number of rotatable bonds is 12. The van der Waals surface area contributed by atoms with Crippen LogP contribution in [0.2, 0.25) is 0 Å². The summed E-state index contributed by atoms with van der Waals surface area (Å²) in [5, 5.41) is 0. The molecule has 1 fully saturated rings. The molecular formula is C28H40O2. The minimum atomic E-state index is 0.0493. The highest BCUT2D eigenvalue weighted by molar-refractivity contribution is 5.26. The fourth-order valence-corrected chi connectivity index (χ4v) is 4.20. The molecule has 2 unspecified atom stereocenters. The highest BCUT2D eigenvalue weighted by Gasteiger charge is 2.24. The summed E-state index contributed by atoms with van der Waals surface area (Å²) in [4.78, 5) is 0. The van der Waals surface area contributed by atoms with Gasteiger partial charge in [0, 0.05) is 0 Å². The molecule has 0 bridgehead atoms. The lowest BCUT2D eigenvalue weighted by molar-refractivity contribution is -0.137. The molecule has 3 rings (SSSR count). The SMILES string of the molecule is CCCCCCc1ccc(C2COC(c3ccc(CCCCCC)cc3)CO2)cc1. The Balaban J connectivity index is 1.43. The summed E-state index contributed by atoms with van der Waals surface area (Å²) in [5.41, 5.74) is 5.32. The van der Waals surface area contributed by atoms with Crippen LogP contribution in [0.3, 0.4) is 0 Å². The molecule has 1 heterocycles. The molecule has 0 saturated carbocycles. The Hall–Kier alpha value is -1.64. The maximum Gasteiger partial charge on any atom is 0.106 e. The van der Waals surface area contributed by atoms with E-state index in [-0.39, 0.29) is 12.2 Å². The maximum absolute atomic E-state index is 6.18. The standard InChI is InChI=1S/C28H40O2/c1-3-5-7-9-11-23-13-17-25(18-14-23)27-21-30-28(22-29-27)26-19-15-24(16-20-26)12-10-8-6-4-2/h13-20,27-28H,3-12,21-22H2,1-2H3. The Morgan fingerprint density at radius 2 is 0.967 bits per heavy atom. The van der Waals surface area contributed by atoms with E-state index in [1.54, 1.807) is 0 Å². The van der Waals surface area contributed by atoms with Gasteiger partial charge >= 0.3 is 0 Å². The lowest BCUT2D eigenvalue weighted by Crippen LogP contribution is -2.25. The van der Waals surface area contributed by atoms with Gasteiger partial charge in [-0.15, -0.1) is 0 Å². The summed E-state index contributed by atoms with van der Waals surface area (Å²) in [6.07, 6.45) is 13.0. The monoisotopic (exact) mass is 408 g/mol. The molecule has 0 spiro atoms. The van der Waals surface area contributed by atoms with Crippen molar-refractivity contribution in [2.24, 2.45) is 0 Å². The van der Waals surface area contributed by atoms with Crippen molar-refractivity contribution < 1.29 is 9.47 Å². The number of ether oxygens (including phenoxy) is 2. The van der Waals surface area contributed by atoms with E-state index in [4.69, 9.17) is 9.47 Å².